The fraction of sp³-hybridized carbons (Fsp3) is 0.368. The monoisotopic (exact) mass is 435 g/mol. The first-order valence-corrected chi connectivity index (χ1v) is 10.6. The van der Waals surface area contributed by atoms with Crippen LogP contribution in [0.1, 0.15) is 25.1 Å². The Kier molecular flexibility index (Phi) is 6.69. The van der Waals surface area contributed by atoms with Gasteiger partial charge in [-0.05, 0) is 54.0 Å². The number of anilines is 1. The molecule has 0 aliphatic carbocycles. The molecule has 0 spiro atoms. The number of halogens is 1. The highest BCUT2D eigenvalue weighted by Crippen LogP contribution is 2.20. The van der Waals surface area contributed by atoms with Gasteiger partial charge >= 0.3 is 0 Å². The van der Waals surface area contributed by atoms with Crippen LogP contribution < -0.4 is 4.90 Å². The number of aromatic nitrogens is 1. The third-order valence-electron chi connectivity index (χ3n) is 4.06. The van der Waals surface area contributed by atoms with E-state index in [0.717, 1.165) is 42.2 Å². The van der Waals surface area contributed by atoms with Gasteiger partial charge in [0.15, 0.2) is 0 Å². The lowest BCUT2D eigenvalue weighted by Crippen LogP contribution is -2.36. The Morgan fingerprint density at radius 2 is 1.88 bits per heavy atom. The number of pyridine rings is 1. The zero-order chi connectivity index (χ0) is 18.5. The van der Waals surface area contributed by atoms with E-state index in [9.17, 15) is 4.55 Å². The highest BCUT2D eigenvalue weighted by atomic mass is 79.9. The molecule has 0 radical (unpaired) electrons. The minimum Gasteiger partial charge on any atom is -0.591 e. The van der Waals surface area contributed by atoms with Crippen molar-refractivity contribution in [3.05, 3.63) is 58.3 Å². The summed E-state index contributed by atoms with van der Waals surface area (Å²) in [6, 6.07) is 13.8. The van der Waals surface area contributed by atoms with Crippen LogP contribution in [0.5, 0.6) is 0 Å². The summed E-state index contributed by atoms with van der Waals surface area (Å²) in [5.41, 5.74) is 3.41. The van der Waals surface area contributed by atoms with Gasteiger partial charge in [0.05, 0.1) is 30.3 Å². The van der Waals surface area contributed by atoms with Crippen LogP contribution >= 0.6 is 15.9 Å². The molecule has 3 rings (SSSR count). The molecule has 1 aromatic carbocycles. The third kappa shape index (κ3) is 4.85. The average molecular weight is 436 g/mol. The SMILES string of the molecule is CC(C)[S+]([O-])N=C(c1ccc(N2CCOCC2)cc1)c1cccc(Br)n1. The fourth-order valence-electron chi connectivity index (χ4n) is 2.63. The Hall–Kier alpha value is -1.41. The van der Waals surface area contributed by atoms with Crippen molar-refractivity contribution in [3.63, 3.8) is 0 Å². The van der Waals surface area contributed by atoms with E-state index in [1.807, 2.05) is 44.2 Å². The van der Waals surface area contributed by atoms with Gasteiger partial charge in [-0.3, -0.25) is 0 Å². The maximum absolute atomic E-state index is 12.4. The lowest BCUT2D eigenvalue weighted by atomic mass is 10.1. The molecule has 1 atom stereocenters. The standard InChI is InChI=1S/C19H22BrN3O2S/c1-14(2)26(24)22-19(17-4-3-5-18(20)21-17)15-6-8-16(9-7-15)23-10-12-25-13-11-23/h3-9,14H,10-13H2,1-2H3. The molecule has 0 amide bonds. The molecule has 0 bridgehead atoms. The van der Waals surface area contributed by atoms with Crippen LogP contribution in [0.15, 0.2) is 51.5 Å². The summed E-state index contributed by atoms with van der Waals surface area (Å²) in [6.45, 7) is 7.09. The normalized spacial score (nSPS) is 16.8. The van der Waals surface area contributed by atoms with Crippen LogP contribution in [0, 0.1) is 0 Å². The van der Waals surface area contributed by atoms with Gasteiger partial charge in [0.25, 0.3) is 0 Å². The number of hydrogen-bond donors (Lipinski definition) is 0. The molecular weight excluding hydrogens is 414 g/mol. The van der Waals surface area contributed by atoms with Gasteiger partial charge in [-0.25, -0.2) is 4.98 Å². The molecule has 1 aliphatic rings. The Labute approximate surface area is 165 Å². The quantitative estimate of drug-likeness (QED) is 0.408. The van der Waals surface area contributed by atoms with Crippen molar-refractivity contribution in [3.8, 4) is 0 Å². The first-order chi connectivity index (χ1) is 12.5. The van der Waals surface area contributed by atoms with E-state index < -0.39 is 11.4 Å². The van der Waals surface area contributed by atoms with Crippen LogP contribution in [-0.4, -0.2) is 46.8 Å². The Balaban J connectivity index is 1.93. The summed E-state index contributed by atoms with van der Waals surface area (Å²) >= 11 is 2.09. The topological polar surface area (TPSA) is 60.8 Å². The zero-order valence-corrected chi connectivity index (χ0v) is 17.3. The molecule has 0 N–H and O–H groups in total. The molecule has 2 aromatic rings. The maximum atomic E-state index is 12.4. The lowest BCUT2D eigenvalue weighted by Gasteiger charge is -2.28. The van der Waals surface area contributed by atoms with Crippen molar-refractivity contribution in [1.29, 1.82) is 0 Å². The van der Waals surface area contributed by atoms with Crippen molar-refractivity contribution in [2.24, 2.45) is 4.40 Å². The van der Waals surface area contributed by atoms with Crippen LogP contribution in [0.2, 0.25) is 0 Å². The van der Waals surface area contributed by atoms with E-state index >= 15 is 0 Å². The Morgan fingerprint density at radius 3 is 2.50 bits per heavy atom. The highest BCUT2D eigenvalue weighted by molar-refractivity contribution is 9.10. The Morgan fingerprint density at radius 1 is 1.19 bits per heavy atom. The zero-order valence-electron chi connectivity index (χ0n) is 14.9. The first-order valence-electron chi connectivity index (χ1n) is 8.60. The fourth-order valence-corrected chi connectivity index (χ4v) is 3.57. The van der Waals surface area contributed by atoms with E-state index in [2.05, 4.69) is 42.3 Å². The number of rotatable bonds is 5. The van der Waals surface area contributed by atoms with Gasteiger partial charge in [0, 0.05) is 24.3 Å². The van der Waals surface area contributed by atoms with Crippen molar-refractivity contribution >= 4 is 38.7 Å². The molecular formula is C19H22BrN3O2S. The lowest BCUT2D eigenvalue weighted by molar-refractivity contribution is 0.122. The second-order valence-corrected chi connectivity index (χ2v) is 8.75. The molecule has 1 fully saturated rings. The van der Waals surface area contributed by atoms with E-state index in [1.54, 1.807) is 0 Å². The number of nitrogens with zero attached hydrogens (tertiary/aromatic N) is 3. The summed E-state index contributed by atoms with van der Waals surface area (Å²) in [5.74, 6) is 0. The number of hydrogen-bond acceptors (Lipinski definition) is 5. The molecule has 0 saturated carbocycles. The number of morpholine rings is 1. The van der Waals surface area contributed by atoms with Crippen LogP contribution in [0.25, 0.3) is 0 Å². The van der Waals surface area contributed by atoms with Crippen molar-refractivity contribution in [1.82, 2.24) is 4.98 Å². The molecule has 1 saturated heterocycles. The van der Waals surface area contributed by atoms with Crippen LogP contribution in [0.3, 0.4) is 0 Å². The molecule has 7 heteroatoms. The van der Waals surface area contributed by atoms with E-state index in [4.69, 9.17) is 4.74 Å². The number of benzene rings is 1. The van der Waals surface area contributed by atoms with Gasteiger partial charge < -0.3 is 14.2 Å². The summed E-state index contributed by atoms with van der Waals surface area (Å²) < 4.78 is 23.0. The maximum Gasteiger partial charge on any atom is 0.147 e. The van der Waals surface area contributed by atoms with E-state index in [1.165, 1.54) is 0 Å². The third-order valence-corrected chi connectivity index (χ3v) is 5.67. The van der Waals surface area contributed by atoms with Gasteiger partial charge in [0.2, 0.25) is 0 Å². The molecule has 1 unspecified atom stereocenters. The number of ether oxygens (including phenoxy) is 1. The second-order valence-electron chi connectivity index (χ2n) is 6.26. The molecule has 138 valence electrons. The van der Waals surface area contributed by atoms with E-state index in [0.29, 0.717) is 11.4 Å². The van der Waals surface area contributed by atoms with E-state index in [-0.39, 0.29) is 5.25 Å². The van der Waals surface area contributed by atoms with Gasteiger partial charge in [-0.15, -0.1) is 0 Å². The molecule has 1 aromatic heterocycles. The van der Waals surface area contributed by atoms with Crippen molar-refractivity contribution in [2.45, 2.75) is 19.1 Å². The van der Waals surface area contributed by atoms with Gasteiger partial charge in [-0.1, -0.05) is 22.6 Å². The summed E-state index contributed by atoms with van der Waals surface area (Å²) in [4.78, 5) is 6.80. The summed E-state index contributed by atoms with van der Waals surface area (Å²) in [6.07, 6.45) is 0. The summed E-state index contributed by atoms with van der Waals surface area (Å²) in [7, 11) is 0. The van der Waals surface area contributed by atoms with Crippen LogP contribution in [-0.2, 0) is 16.1 Å². The highest BCUT2D eigenvalue weighted by Gasteiger charge is 2.18. The molecule has 2 heterocycles. The van der Waals surface area contributed by atoms with Crippen LogP contribution in [0.4, 0.5) is 5.69 Å². The molecule has 1 aliphatic heterocycles. The predicted octanol–water partition coefficient (Wildman–Crippen LogP) is 3.59. The minimum absolute atomic E-state index is 0.0511. The van der Waals surface area contributed by atoms with Crippen molar-refractivity contribution in [2.75, 3.05) is 31.2 Å². The minimum atomic E-state index is -1.31. The largest absolute Gasteiger partial charge is 0.591 e. The van der Waals surface area contributed by atoms with Gasteiger partial charge in [0.1, 0.15) is 15.6 Å². The summed E-state index contributed by atoms with van der Waals surface area (Å²) in [5, 5.41) is -0.0511. The first kappa shape index (κ1) is 19.4. The second kappa shape index (κ2) is 8.99. The smallest absolute Gasteiger partial charge is 0.147 e. The van der Waals surface area contributed by atoms with Gasteiger partial charge in [-0.2, -0.15) is 0 Å². The molecule has 5 nitrogen and oxygen atoms in total. The Bertz CT molecular complexity index is 762. The predicted molar refractivity (Wildman–Crippen MR) is 110 cm³/mol. The average Bonchev–Trinajstić information content (AvgIpc) is 2.66. The van der Waals surface area contributed by atoms with Crippen molar-refractivity contribution < 1.29 is 9.29 Å². The molecule has 26 heavy (non-hydrogen) atoms.